The SMILES string of the molecule is CC(=O)c1ccc(O)c(CC=C(C)C)c1.CC1CCC(NC(=O)N(CCCl)N=O)CC1. The zero-order valence-corrected chi connectivity index (χ0v) is 19.6. The predicted molar refractivity (Wildman–Crippen MR) is 124 cm³/mol. The number of benzene rings is 1. The number of allylic oxidation sites excluding steroid dienone is 2. The van der Waals surface area contributed by atoms with Crippen LogP contribution in [0.1, 0.15) is 69.3 Å². The molecule has 0 saturated heterocycles. The molecule has 1 saturated carbocycles. The number of Topliss-reactive ketones (excluding diaryl/α,β-unsaturated/α-hetero) is 1. The van der Waals surface area contributed by atoms with Gasteiger partial charge in [0.2, 0.25) is 0 Å². The Labute approximate surface area is 189 Å². The maximum absolute atomic E-state index is 11.6. The highest BCUT2D eigenvalue weighted by Crippen LogP contribution is 2.23. The third kappa shape index (κ3) is 9.96. The largest absolute Gasteiger partial charge is 0.508 e. The number of nitrogens with zero attached hydrogens (tertiary/aromatic N) is 2. The average Bonchev–Trinajstić information content (AvgIpc) is 2.73. The molecule has 172 valence electrons. The topological polar surface area (TPSA) is 99.1 Å². The van der Waals surface area contributed by atoms with Gasteiger partial charge in [-0.15, -0.1) is 16.5 Å². The molecule has 1 aliphatic rings. The third-order valence-electron chi connectivity index (χ3n) is 5.19. The van der Waals surface area contributed by atoms with E-state index >= 15 is 0 Å². The molecule has 1 aromatic carbocycles. The molecule has 2 amide bonds. The molecular formula is C23H34ClN3O4. The van der Waals surface area contributed by atoms with Gasteiger partial charge in [-0.05, 0) is 82.6 Å². The van der Waals surface area contributed by atoms with Crippen molar-refractivity contribution in [1.29, 1.82) is 0 Å². The highest BCUT2D eigenvalue weighted by molar-refractivity contribution is 6.18. The minimum atomic E-state index is -0.435. The molecule has 0 unspecified atom stereocenters. The lowest BCUT2D eigenvalue weighted by molar-refractivity contribution is 0.101. The van der Waals surface area contributed by atoms with Crippen LogP contribution >= 0.6 is 11.6 Å². The summed E-state index contributed by atoms with van der Waals surface area (Å²) in [6.45, 7) is 7.90. The Kier molecular flexibility index (Phi) is 11.9. The Morgan fingerprint density at radius 1 is 1.23 bits per heavy atom. The van der Waals surface area contributed by atoms with Crippen molar-refractivity contribution in [2.24, 2.45) is 11.2 Å². The fourth-order valence-corrected chi connectivity index (χ4v) is 3.36. The summed E-state index contributed by atoms with van der Waals surface area (Å²) in [6.07, 6.45) is 6.87. The van der Waals surface area contributed by atoms with Gasteiger partial charge in [0.05, 0.1) is 11.8 Å². The van der Waals surface area contributed by atoms with Crippen LogP contribution in [0.3, 0.4) is 0 Å². The van der Waals surface area contributed by atoms with Crippen molar-refractivity contribution in [2.75, 3.05) is 12.4 Å². The second kappa shape index (κ2) is 13.8. The summed E-state index contributed by atoms with van der Waals surface area (Å²) in [5, 5.41) is 15.9. The number of nitroso groups, excluding NO2 is 1. The van der Waals surface area contributed by atoms with Gasteiger partial charge in [0.1, 0.15) is 5.75 Å². The van der Waals surface area contributed by atoms with Gasteiger partial charge in [0, 0.05) is 17.5 Å². The predicted octanol–water partition coefficient (Wildman–Crippen LogP) is 5.60. The van der Waals surface area contributed by atoms with Crippen LogP contribution in [0.25, 0.3) is 0 Å². The Morgan fingerprint density at radius 3 is 2.39 bits per heavy atom. The lowest BCUT2D eigenvalue weighted by atomic mass is 9.87. The standard InChI is InChI=1S/C13H16O2.C10H18ClN3O2/c1-9(2)4-5-12-8-11(10(3)14)6-7-13(12)15;1-8-2-4-9(5-3-8)12-10(15)14(13-16)7-6-11/h4,6-8,15H,5H2,1-3H3;8-9H,2-7H2,1H3,(H,12,15). The van der Waals surface area contributed by atoms with Crippen LogP contribution in [0.5, 0.6) is 5.75 Å². The number of alkyl halides is 1. The second-order valence-corrected chi connectivity index (χ2v) is 8.56. The van der Waals surface area contributed by atoms with Gasteiger partial charge in [0.25, 0.3) is 0 Å². The van der Waals surface area contributed by atoms with Crippen molar-refractivity contribution < 1.29 is 14.7 Å². The number of carbonyl (C=O) groups excluding carboxylic acids is 2. The molecule has 0 aromatic heterocycles. The molecule has 0 atom stereocenters. The van der Waals surface area contributed by atoms with E-state index in [9.17, 15) is 19.6 Å². The number of ketones is 1. The van der Waals surface area contributed by atoms with E-state index in [1.807, 2.05) is 19.9 Å². The van der Waals surface area contributed by atoms with E-state index in [1.165, 1.54) is 12.5 Å². The van der Waals surface area contributed by atoms with Crippen molar-refractivity contribution in [3.05, 3.63) is 45.9 Å². The van der Waals surface area contributed by atoms with Crippen LogP contribution in [-0.4, -0.2) is 40.4 Å². The molecule has 2 rings (SSSR count). The van der Waals surface area contributed by atoms with E-state index in [1.54, 1.807) is 18.2 Å². The van der Waals surface area contributed by atoms with E-state index in [4.69, 9.17) is 11.6 Å². The Hall–Kier alpha value is -2.41. The molecule has 0 radical (unpaired) electrons. The zero-order valence-electron chi connectivity index (χ0n) is 18.9. The molecule has 7 nitrogen and oxygen atoms in total. The number of hydrogen-bond acceptors (Lipinski definition) is 5. The Bertz CT molecular complexity index is 770. The maximum Gasteiger partial charge on any atom is 0.340 e. The molecule has 1 fully saturated rings. The van der Waals surface area contributed by atoms with Gasteiger partial charge < -0.3 is 10.4 Å². The average molecular weight is 452 g/mol. The highest BCUT2D eigenvalue weighted by atomic mass is 35.5. The van der Waals surface area contributed by atoms with Gasteiger partial charge in [-0.25, -0.2) is 4.79 Å². The molecule has 1 aliphatic carbocycles. The van der Waals surface area contributed by atoms with Gasteiger partial charge in [-0.1, -0.05) is 18.6 Å². The van der Waals surface area contributed by atoms with E-state index in [2.05, 4.69) is 17.5 Å². The quantitative estimate of drug-likeness (QED) is 0.185. The molecule has 1 aromatic rings. The van der Waals surface area contributed by atoms with E-state index in [-0.39, 0.29) is 30.0 Å². The highest BCUT2D eigenvalue weighted by Gasteiger charge is 2.22. The molecule has 8 heteroatoms. The Balaban J connectivity index is 0.000000311. The normalized spacial score (nSPS) is 17.6. The minimum Gasteiger partial charge on any atom is -0.508 e. The van der Waals surface area contributed by atoms with Crippen molar-refractivity contribution >= 4 is 23.4 Å². The number of phenols is 1. The van der Waals surface area contributed by atoms with Gasteiger partial charge in [-0.2, -0.15) is 5.01 Å². The first-order valence-electron chi connectivity index (χ1n) is 10.6. The summed E-state index contributed by atoms with van der Waals surface area (Å²) in [7, 11) is 0. The summed E-state index contributed by atoms with van der Waals surface area (Å²) < 4.78 is 0. The van der Waals surface area contributed by atoms with Crippen LogP contribution in [0.15, 0.2) is 35.1 Å². The molecular weight excluding hydrogens is 418 g/mol. The number of carbonyl (C=O) groups is 2. The van der Waals surface area contributed by atoms with E-state index < -0.39 is 6.03 Å². The number of halogens is 1. The van der Waals surface area contributed by atoms with Gasteiger partial charge in [-0.3, -0.25) is 4.79 Å². The minimum absolute atomic E-state index is 0.0217. The number of rotatable bonds is 7. The molecule has 0 bridgehead atoms. The maximum atomic E-state index is 11.6. The first kappa shape index (κ1) is 26.6. The van der Waals surface area contributed by atoms with Crippen molar-refractivity contribution in [3.63, 3.8) is 0 Å². The van der Waals surface area contributed by atoms with Gasteiger partial charge in [0.15, 0.2) is 5.78 Å². The number of aromatic hydroxyl groups is 1. The molecule has 31 heavy (non-hydrogen) atoms. The molecule has 0 spiro atoms. The fraction of sp³-hybridized carbons (Fsp3) is 0.565. The van der Waals surface area contributed by atoms with Crippen LogP contribution in [0.2, 0.25) is 0 Å². The number of phenolic OH excluding ortho intramolecular Hbond substituents is 1. The summed E-state index contributed by atoms with van der Waals surface area (Å²) in [4.78, 5) is 33.1. The monoisotopic (exact) mass is 451 g/mol. The first-order valence-corrected chi connectivity index (χ1v) is 11.1. The number of nitrogens with one attached hydrogen (secondary N) is 1. The lowest BCUT2D eigenvalue weighted by Crippen LogP contribution is -2.44. The summed E-state index contributed by atoms with van der Waals surface area (Å²) >= 11 is 5.46. The first-order chi connectivity index (χ1) is 14.7. The molecule has 0 aliphatic heterocycles. The fourth-order valence-electron chi connectivity index (χ4n) is 3.20. The second-order valence-electron chi connectivity index (χ2n) is 8.19. The summed E-state index contributed by atoms with van der Waals surface area (Å²) in [5.74, 6) is 1.21. The Morgan fingerprint density at radius 2 is 1.87 bits per heavy atom. The summed E-state index contributed by atoms with van der Waals surface area (Å²) in [6, 6.07) is 4.70. The van der Waals surface area contributed by atoms with Crippen molar-refractivity contribution in [3.8, 4) is 5.75 Å². The summed E-state index contributed by atoms with van der Waals surface area (Å²) in [5.41, 5.74) is 2.64. The van der Waals surface area contributed by atoms with Crippen molar-refractivity contribution in [1.82, 2.24) is 10.3 Å². The zero-order chi connectivity index (χ0) is 23.4. The van der Waals surface area contributed by atoms with Gasteiger partial charge >= 0.3 is 6.03 Å². The van der Waals surface area contributed by atoms with Crippen LogP contribution < -0.4 is 5.32 Å². The van der Waals surface area contributed by atoms with Crippen LogP contribution in [0, 0.1) is 10.8 Å². The number of urea groups is 1. The lowest BCUT2D eigenvalue weighted by Gasteiger charge is -2.27. The van der Waals surface area contributed by atoms with Crippen LogP contribution in [0.4, 0.5) is 4.79 Å². The molecule has 2 N–H and O–H groups in total. The number of amides is 2. The van der Waals surface area contributed by atoms with Crippen molar-refractivity contribution in [2.45, 2.75) is 65.8 Å². The van der Waals surface area contributed by atoms with E-state index in [0.717, 1.165) is 42.2 Å². The number of hydrogen-bond donors (Lipinski definition) is 2. The smallest absolute Gasteiger partial charge is 0.340 e. The molecule has 0 heterocycles. The third-order valence-corrected chi connectivity index (χ3v) is 5.36. The van der Waals surface area contributed by atoms with Crippen LogP contribution in [-0.2, 0) is 6.42 Å². The van der Waals surface area contributed by atoms with E-state index in [0.29, 0.717) is 12.0 Å².